The van der Waals surface area contributed by atoms with Crippen molar-refractivity contribution >= 4 is 0 Å². The topological polar surface area (TPSA) is 9.23 Å². The van der Waals surface area contributed by atoms with Crippen LogP contribution < -0.4 is 4.74 Å². The summed E-state index contributed by atoms with van der Waals surface area (Å²) in [6.07, 6.45) is 2.95. The lowest BCUT2D eigenvalue weighted by atomic mass is 9.78. The molecule has 0 spiro atoms. The SMILES string of the molecule is CC#CCCc1cc(C(C)(C)C)c(OCCC)c(C(C)(C)C)c1. The van der Waals surface area contributed by atoms with Crippen LogP contribution in [0.3, 0.4) is 0 Å². The molecule has 1 rings (SSSR count). The van der Waals surface area contributed by atoms with Gasteiger partial charge in [0.1, 0.15) is 5.75 Å². The molecule has 0 bridgehead atoms. The summed E-state index contributed by atoms with van der Waals surface area (Å²) in [5, 5.41) is 0. The van der Waals surface area contributed by atoms with E-state index in [2.05, 4.69) is 72.4 Å². The Morgan fingerprint density at radius 1 is 0.957 bits per heavy atom. The van der Waals surface area contributed by atoms with Gasteiger partial charge in [0.15, 0.2) is 0 Å². The minimum absolute atomic E-state index is 0.0650. The number of hydrogen-bond donors (Lipinski definition) is 0. The molecule has 0 aliphatic heterocycles. The van der Waals surface area contributed by atoms with E-state index >= 15 is 0 Å². The molecule has 0 aromatic heterocycles. The average Bonchev–Trinajstić information content (AvgIpc) is 2.43. The Kier molecular flexibility index (Phi) is 6.75. The van der Waals surface area contributed by atoms with Gasteiger partial charge in [-0.2, -0.15) is 0 Å². The van der Waals surface area contributed by atoms with Crippen molar-refractivity contribution in [2.75, 3.05) is 6.61 Å². The highest BCUT2D eigenvalue weighted by Crippen LogP contribution is 2.41. The standard InChI is InChI=1S/C22H34O/c1-9-11-12-13-17-15-18(21(3,4)5)20(23-14-10-2)19(16-17)22(6,7)8/h15-16H,10,12-14H2,1-8H3. The molecule has 0 saturated heterocycles. The Balaban J connectivity index is 3.47. The highest BCUT2D eigenvalue weighted by atomic mass is 16.5. The molecule has 0 N–H and O–H groups in total. The van der Waals surface area contributed by atoms with E-state index in [1.165, 1.54) is 16.7 Å². The lowest BCUT2D eigenvalue weighted by molar-refractivity contribution is 0.299. The van der Waals surface area contributed by atoms with Gasteiger partial charge in [0, 0.05) is 17.5 Å². The maximum Gasteiger partial charge on any atom is 0.126 e. The molecule has 1 aromatic carbocycles. The number of rotatable bonds is 5. The van der Waals surface area contributed by atoms with E-state index in [1.807, 2.05) is 6.92 Å². The quantitative estimate of drug-likeness (QED) is 0.603. The summed E-state index contributed by atoms with van der Waals surface area (Å²) in [5.74, 6) is 7.27. The van der Waals surface area contributed by atoms with Crippen molar-refractivity contribution in [2.24, 2.45) is 0 Å². The largest absolute Gasteiger partial charge is 0.493 e. The number of ether oxygens (including phenoxy) is 1. The Morgan fingerprint density at radius 2 is 1.48 bits per heavy atom. The summed E-state index contributed by atoms with van der Waals surface area (Å²) < 4.78 is 6.22. The van der Waals surface area contributed by atoms with Gasteiger partial charge in [-0.1, -0.05) is 60.6 Å². The molecule has 0 saturated carbocycles. The fraction of sp³-hybridized carbons (Fsp3) is 0.636. The van der Waals surface area contributed by atoms with E-state index in [-0.39, 0.29) is 10.8 Å². The number of hydrogen-bond acceptors (Lipinski definition) is 1. The van der Waals surface area contributed by atoms with Gasteiger partial charge in [-0.05, 0) is 36.2 Å². The van der Waals surface area contributed by atoms with Crippen LogP contribution in [0, 0.1) is 11.8 Å². The summed E-state index contributed by atoms with van der Waals surface area (Å²) in [6.45, 7) is 18.4. The fourth-order valence-electron chi connectivity index (χ4n) is 2.64. The molecule has 0 amide bonds. The molecule has 128 valence electrons. The molecule has 0 aliphatic carbocycles. The smallest absolute Gasteiger partial charge is 0.126 e. The third kappa shape index (κ3) is 5.61. The minimum Gasteiger partial charge on any atom is -0.493 e. The van der Waals surface area contributed by atoms with Gasteiger partial charge >= 0.3 is 0 Å². The first-order valence-corrected chi connectivity index (χ1v) is 8.81. The van der Waals surface area contributed by atoms with Gasteiger partial charge in [0.25, 0.3) is 0 Å². The second-order valence-electron chi connectivity index (χ2n) is 8.30. The van der Waals surface area contributed by atoms with Crippen LogP contribution in [0.4, 0.5) is 0 Å². The van der Waals surface area contributed by atoms with Gasteiger partial charge < -0.3 is 4.74 Å². The molecule has 0 aliphatic rings. The molecule has 0 heterocycles. The molecule has 0 fully saturated rings. The molecular formula is C22H34O. The van der Waals surface area contributed by atoms with Crippen LogP contribution in [-0.4, -0.2) is 6.61 Å². The highest BCUT2D eigenvalue weighted by molar-refractivity contribution is 5.51. The highest BCUT2D eigenvalue weighted by Gasteiger charge is 2.27. The van der Waals surface area contributed by atoms with Crippen molar-refractivity contribution in [3.63, 3.8) is 0 Å². The molecule has 1 nitrogen and oxygen atoms in total. The predicted octanol–water partition coefficient (Wildman–Crippen LogP) is 6.03. The summed E-state index contributed by atoms with van der Waals surface area (Å²) in [7, 11) is 0. The van der Waals surface area contributed by atoms with E-state index in [1.54, 1.807) is 0 Å². The second-order valence-corrected chi connectivity index (χ2v) is 8.30. The number of benzene rings is 1. The lowest BCUT2D eigenvalue weighted by Gasteiger charge is -2.30. The average molecular weight is 315 g/mol. The van der Waals surface area contributed by atoms with Gasteiger partial charge in [-0.25, -0.2) is 0 Å². The van der Waals surface area contributed by atoms with Crippen molar-refractivity contribution in [2.45, 2.75) is 85.5 Å². The molecular weight excluding hydrogens is 280 g/mol. The predicted molar refractivity (Wildman–Crippen MR) is 101 cm³/mol. The third-order valence-electron chi connectivity index (χ3n) is 3.93. The van der Waals surface area contributed by atoms with Crippen molar-refractivity contribution in [1.82, 2.24) is 0 Å². The van der Waals surface area contributed by atoms with Crippen LogP contribution in [0.2, 0.25) is 0 Å². The molecule has 0 unspecified atom stereocenters. The van der Waals surface area contributed by atoms with Gasteiger partial charge in [-0.3, -0.25) is 0 Å². The third-order valence-corrected chi connectivity index (χ3v) is 3.93. The summed E-state index contributed by atoms with van der Waals surface area (Å²) >= 11 is 0. The zero-order chi connectivity index (χ0) is 17.7. The van der Waals surface area contributed by atoms with Crippen LogP contribution in [0.5, 0.6) is 5.75 Å². The summed E-state index contributed by atoms with van der Waals surface area (Å²) in [4.78, 5) is 0. The van der Waals surface area contributed by atoms with Crippen LogP contribution >= 0.6 is 0 Å². The van der Waals surface area contributed by atoms with Crippen LogP contribution in [0.25, 0.3) is 0 Å². The first-order valence-electron chi connectivity index (χ1n) is 8.81. The van der Waals surface area contributed by atoms with E-state index in [9.17, 15) is 0 Å². The Labute approximate surface area is 143 Å². The zero-order valence-corrected chi connectivity index (χ0v) is 16.4. The van der Waals surface area contributed by atoms with Gasteiger partial charge in [0.05, 0.1) is 6.61 Å². The van der Waals surface area contributed by atoms with Crippen LogP contribution in [0.15, 0.2) is 12.1 Å². The molecule has 23 heavy (non-hydrogen) atoms. The molecule has 0 atom stereocenters. The van der Waals surface area contributed by atoms with Crippen LogP contribution in [-0.2, 0) is 17.3 Å². The minimum atomic E-state index is 0.0650. The zero-order valence-electron chi connectivity index (χ0n) is 16.4. The van der Waals surface area contributed by atoms with E-state index < -0.39 is 0 Å². The van der Waals surface area contributed by atoms with Crippen molar-refractivity contribution < 1.29 is 4.74 Å². The first-order chi connectivity index (χ1) is 10.6. The van der Waals surface area contributed by atoms with Crippen molar-refractivity contribution in [3.8, 4) is 17.6 Å². The first kappa shape index (κ1) is 19.6. The maximum atomic E-state index is 6.22. The lowest BCUT2D eigenvalue weighted by Crippen LogP contribution is -2.20. The van der Waals surface area contributed by atoms with E-state index in [4.69, 9.17) is 4.74 Å². The summed E-state index contributed by atoms with van der Waals surface area (Å²) in [6, 6.07) is 4.66. The second kappa shape index (κ2) is 7.91. The molecule has 1 aromatic rings. The van der Waals surface area contributed by atoms with Gasteiger partial charge in [-0.15, -0.1) is 11.8 Å². The fourth-order valence-corrected chi connectivity index (χ4v) is 2.64. The van der Waals surface area contributed by atoms with Crippen LogP contribution in [0.1, 0.15) is 84.9 Å². The monoisotopic (exact) mass is 314 g/mol. The Morgan fingerprint density at radius 3 is 1.87 bits per heavy atom. The van der Waals surface area contributed by atoms with E-state index in [0.29, 0.717) is 0 Å². The normalized spacial score (nSPS) is 11.8. The van der Waals surface area contributed by atoms with E-state index in [0.717, 1.165) is 31.6 Å². The Bertz CT molecular complexity index is 536. The van der Waals surface area contributed by atoms with Gasteiger partial charge in [0.2, 0.25) is 0 Å². The van der Waals surface area contributed by atoms with Crippen molar-refractivity contribution in [3.05, 3.63) is 28.8 Å². The van der Waals surface area contributed by atoms with Crippen molar-refractivity contribution in [1.29, 1.82) is 0 Å². The Hall–Kier alpha value is -1.42. The maximum absolute atomic E-state index is 6.22. The molecule has 0 radical (unpaired) electrons. The number of aryl methyl sites for hydroxylation is 1. The molecule has 1 heteroatoms. The summed E-state index contributed by atoms with van der Waals surface area (Å²) in [5.41, 5.74) is 4.13.